The van der Waals surface area contributed by atoms with Crippen LogP contribution < -0.4 is 5.32 Å². The Hall–Kier alpha value is -2.33. The number of nitrogens with zero attached hydrogens (tertiary/aromatic N) is 2. The maximum atomic E-state index is 5.54. The monoisotopic (exact) mass is 281 g/mol. The van der Waals surface area contributed by atoms with E-state index in [1.165, 1.54) is 5.56 Å². The first-order chi connectivity index (χ1) is 10.3. The predicted molar refractivity (Wildman–Crippen MR) is 82.6 cm³/mol. The summed E-state index contributed by atoms with van der Waals surface area (Å²) in [6, 6.07) is 12.2. The van der Waals surface area contributed by atoms with Crippen molar-refractivity contribution < 1.29 is 4.42 Å². The molecule has 4 heteroatoms. The lowest BCUT2D eigenvalue weighted by Crippen LogP contribution is -2.17. The first-order valence-electron chi connectivity index (χ1n) is 7.17. The van der Waals surface area contributed by atoms with E-state index in [0.717, 1.165) is 23.4 Å². The molecule has 0 saturated carbocycles. The van der Waals surface area contributed by atoms with Crippen molar-refractivity contribution in [3.05, 3.63) is 71.9 Å². The Morgan fingerprint density at radius 2 is 2.05 bits per heavy atom. The minimum atomic E-state index is 0.0937. The van der Waals surface area contributed by atoms with Gasteiger partial charge in [-0.05, 0) is 25.2 Å². The van der Waals surface area contributed by atoms with E-state index in [9.17, 15) is 0 Å². The molecule has 21 heavy (non-hydrogen) atoms. The summed E-state index contributed by atoms with van der Waals surface area (Å²) in [5, 5.41) is 7.81. The molecule has 0 aliphatic carbocycles. The molecule has 0 fully saturated rings. The van der Waals surface area contributed by atoms with Crippen molar-refractivity contribution >= 4 is 0 Å². The number of hydrogen-bond donors (Lipinski definition) is 1. The Morgan fingerprint density at radius 3 is 2.76 bits per heavy atom. The number of nitrogens with one attached hydrogen (secondary N) is 1. The molecule has 2 aromatic heterocycles. The van der Waals surface area contributed by atoms with Crippen molar-refractivity contribution in [3.8, 4) is 5.69 Å². The van der Waals surface area contributed by atoms with Crippen LogP contribution in [0.1, 0.15) is 29.9 Å². The summed E-state index contributed by atoms with van der Waals surface area (Å²) < 4.78 is 7.44. The van der Waals surface area contributed by atoms with Gasteiger partial charge in [-0.25, -0.2) is 4.68 Å². The lowest BCUT2D eigenvalue weighted by Gasteiger charge is -2.14. The van der Waals surface area contributed by atoms with E-state index in [1.54, 1.807) is 6.26 Å². The van der Waals surface area contributed by atoms with Gasteiger partial charge in [0.2, 0.25) is 0 Å². The van der Waals surface area contributed by atoms with Gasteiger partial charge in [0.1, 0.15) is 5.76 Å². The van der Waals surface area contributed by atoms with Crippen molar-refractivity contribution in [1.29, 1.82) is 0 Å². The molecular formula is C17H19N3O. The van der Waals surface area contributed by atoms with Gasteiger partial charge < -0.3 is 9.73 Å². The van der Waals surface area contributed by atoms with E-state index in [-0.39, 0.29) is 6.04 Å². The summed E-state index contributed by atoms with van der Waals surface area (Å²) >= 11 is 0. The Kier molecular flexibility index (Phi) is 3.88. The Labute approximate surface area is 124 Å². The van der Waals surface area contributed by atoms with Crippen molar-refractivity contribution in [3.63, 3.8) is 0 Å². The van der Waals surface area contributed by atoms with Gasteiger partial charge in [0.15, 0.2) is 0 Å². The number of para-hydroxylation sites is 1. The topological polar surface area (TPSA) is 43.0 Å². The normalized spacial score (nSPS) is 12.5. The molecule has 1 unspecified atom stereocenters. The third-order valence-corrected chi connectivity index (χ3v) is 3.66. The summed E-state index contributed by atoms with van der Waals surface area (Å²) in [4.78, 5) is 0. The lowest BCUT2D eigenvalue weighted by molar-refractivity contribution is 0.505. The van der Waals surface area contributed by atoms with Crippen LogP contribution in [-0.4, -0.2) is 16.8 Å². The van der Waals surface area contributed by atoms with Crippen LogP contribution in [0.25, 0.3) is 5.69 Å². The third kappa shape index (κ3) is 2.62. The molecule has 0 aliphatic heterocycles. The molecule has 3 rings (SSSR count). The van der Waals surface area contributed by atoms with Crippen molar-refractivity contribution in [2.24, 2.45) is 0 Å². The Morgan fingerprint density at radius 1 is 1.24 bits per heavy atom. The first-order valence-corrected chi connectivity index (χ1v) is 7.17. The molecule has 0 spiro atoms. The number of aromatic nitrogens is 2. The largest absolute Gasteiger partial charge is 0.469 e. The van der Waals surface area contributed by atoms with Gasteiger partial charge >= 0.3 is 0 Å². The van der Waals surface area contributed by atoms with Gasteiger partial charge in [0, 0.05) is 23.7 Å². The van der Waals surface area contributed by atoms with Crippen LogP contribution in [0.5, 0.6) is 0 Å². The Bertz CT molecular complexity index is 700. The fraction of sp³-hybridized carbons (Fsp3) is 0.235. The van der Waals surface area contributed by atoms with Crippen molar-refractivity contribution in [2.45, 2.75) is 19.4 Å². The van der Waals surface area contributed by atoms with Gasteiger partial charge in [-0.15, -0.1) is 0 Å². The van der Waals surface area contributed by atoms with Gasteiger partial charge in [-0.3, -0.25) is 0 Å². The highest BCUT2D eigenvalue weighted by molar-refractivity contribution is 5.35. The van der Waals surface area contributed by atoms with Crippen LogP contribution in [0.2, 0.25) is 0 Å². The second-order valence-corrected chi connectivity index (χ2v) is 4.93. The number of rotatable bonds is 5. The minimum Gasteiger partial charge on any atom is -0.469 e. The second-order valence-electron chi connectivity index (χ2n) is 4.93. The van der Waals surface area contributed by atoms with Gasteiger partial charge in [0.05, 0.1) is 24.2 Å². The SMILES string of the molecule is CCc1occc1C(NC)c1cnn(-c2ccccc2)c1. The molecule has 0 saturated heterocycles. The molecule has 2 heterocycles. The van der Waals surface area contributed by atoms with Crippen LogP contribution in [0.15, 0.2) is 59.5 Å². The molecule has 3 aromatic rings. The summed E-state index contributed by atoms with van der Waals surface area (Å²) in [6.45, 7) is 2.10. The smallest absolute Gasteiger partial charge is 0.108 e. The standard InChI is InChI=1S/C17H19N3O/c1-3-16-15(9-10-21-16)17(18-2)13-11-19-20(12-13)14-7-5-4-6-8-14/h4-12,17-18H,3H2,1-2H3. The highest BCUT2D eigenvalue weighted by Crippen LogP contribution is 2.26. The third-order valence-electron chi connectivity index (χ3n) is 3.66. The molecule has 0 radical (unpaired) electrons. The van der Waals surface area contributed by atoms with E-state index in [1.807, 2.05) is 54.3 Å². The molecule has 1 atom stereocenters. The number of furan rings is 1. The molecule has 0 amide bonds. The summed E-state index contributed by atoms with van der Waals surface area (Å²) in [5.74, 6) is 1.02. The van der Waals surface area contributed by atoms with E-state index in [0.29, 0.717) is 0 Å². The average Bonchev–Trinajstić information content (AvgIpc) is 3.19. The summed E-state index contributed by atoms with van der Waals surface area (Å²) in [7, 11) is 1.96. The highest BCUT2D eigenvalue weighted by Gasteiger charge is 2.19. The minimum absolute atomic E-state index is 0.0937. The van der Waals surface area contributed by atoms with Crippen LogP contribution in [0.4, 0.5) is 0 Å². The maximum absolute atomic E-state index is 5.54. The van der Waals surface area contributed by atoms with E-state index >= 15 is 0 Å². The zero-order chi connectivity index (χ0) is 14.7. The highest BCUT2D eigenvalue weighted by atomic mass is 16.3. The van der Waals surface area contributed by atoms with Gasteiger partial charge in [-0.2, -0.15) is 5.10 Å². The summed E-state index contributed by atoms with van der Waals surface area (Å²) in [6.07, 6.45) is 6.59. The Balaban J connectivity index is 1.94. The molecular weight excluding hydrogens is 262 g/mol. The second kappa shape index (κ2) is 5.97. The van der Waals surface area contributed by atoms with Crippen molar-refractivity contribution in [2.75, 3.05) is 7.05 Å². The molecule has 0 bridgehead atoms. The quantitative estimate of drug-likeness (QED) is 0.780. The average molecular weight is 281 g/mol. The van der Waals surface area contributed by atoms with Crippen LogP contribution in [-0.2, 0) is 6.42 Å². The zero-order valence-electron chi connectivity index (χ0n) is 12.3. The van der Waals surface area contributed by atoms with E-state index < -0.39 is 0 Å². The molecule has 0 aliphatic rings. The van der Waals surface area contributed by atoms with Crippen molar-refractivity contribution in [1.82, 2.24) is 15.1 Å². The van der Waals surface area contributed by atoms with Crippen LogP contribution >= 0.6 is 0 Å². The van der Waals surface area contributed by atoms with Gasteiger partial charge in [-0.1, -0.05) is 25.1 Å². The molecule has 108 valence electrons. The predicted octanol–water partition coefficient (Wildman–Crippen LogP) is 3.34. The summed E-state index contributed by atoms with van der Waals surface area (Å²) in [5.41, 5.74) is 3.35. The fourth-order valence-electron chi connectivity index (χ4n) is 2.60. The zero-order valence-corrected chi connectivity index (χ0v) is 12.3. The molecule has 1 N–H and O–H groups in total. The lowest BCUT2D eigenvalue weighted by atomic mass is 10.0. The van der Waals surface area contributed by atoms with E-state index in [4.69, 9.17) is 4.42 Å². The van der Waals surface area contributed by atoms with Crippen LogP contribution in [0, 0.1) is 0 Å². The maximum Gasteiger partial charge on any atom is 0.108 e. The first kappa shape index (κ1) is 13.6. The van der Waals surface area contributed by atoms with Crippen LogP contribution in [0.3, 0.4) is 0 Å². The number of benzene rings is 1. The molecule has 4 nitrogen and oxygen atoms in total. The van der Waals surface area contributed by atoms with Gasteiger partial charge in [0.25, 0.3) is 0 Å². The molecule has 1 aromatic carbocycles. The number of hydrogen-bond acceptors (Lipinski definition) is 3. The fourth-order valence-corrected chi connectivity index (χ4v) is 2.60. The van der Waals surface area contributed by atoms with E-state index in [2.05, 4.69) is 23.5 Å². The number of aryl methyl sites for hydroxylation is 1.